The Kier molecular flexibility index (Phi) is 7.04. The van der Waals surface area contributed by atoms with Crippen LogP contribution in [-0.4, -0.2) is 36.0 Å². The molecule has 0 saturated heterocycles. The van der Waals surface area contributed by atoms with Crippen molar-refractivity contribution >= 4 is 23.2 Å². The van der Waals surface area contributed by atoms with Gasteiger partial charge < -0.3 is 15.0 Å². The second kappa shape index (κ2) is 10.1. The SMILES string of the molecule is CCc1c(Nc2nccc(-c3ccn([C@H](CCO)c4ccc(Cl)c(F)c4)c(=O)c3)n2)cnn1C. The van der Waals surface area contributed by atoms with Crippen LogP contribution >= 0.6 is 11.6 Å². The second-order valence-electron chi connectivity index (χ2n) is 7.74. The fourth-order valence-corrected chi connectivity index (χ4v) is 4.02. The van der Waals surface area contributed by atoms with Crippen molar-refractivity contribution in [2.24, 2.45) is 7.05 Å². The molecular weight excluding hydrogens is 459 g/mol. The summed E-state index contributed by atoms with van der Waals surface area (Å²) >= 11 is 5.80. The number of benzene rings is 1. The Morgan fingerprint density at radius 3 is 2.76 bits per heavy atom. The van der Waals surface area contributed by atoms with E-state index in [1.807, 2.05) is 14.0 Å². The normalized spacial score (nSPS) is 12.0. The lowest BCUT2D eigenvalue weighted by molar-refractivity contribution is 0.266. The minimum Gasteiger partial charge on any atom is -0.396 e. The number of hydrogen-bond donors (Lipinski definition) is 2. The van der Waals surface area contributed by atoms with Crippen molar-refractivity contribution in [3.8, 4) is 11.3 Å². The van der Waals surface area contributed by atoms with Gasteiger partial charge in [-0.25, -0.2) is 14.4 Å². The number of rotatable bonds is 8. The third-order valence-corrected chi connectivity index (χ3v) is 5.92. The molecule has 0 aliphatic carbocycles. The van der Waals surface area contributed by atoms with Crippen molar-refractivity contribution in [3.63, 3.8) is 0 Å². The molecule has 4 rings (SSSR count). The Bertz CT molecular complexity index is 1370. The molecule has 0 aliphatic heterocycles. The van der Waals surface area contributed by atoms with Crippen molar-refractivity contribution in [2.75, 3.05) is 11.9 Å². The van der Waals surface area contributed by atoms with E-state index in [0.717, 1.165) is 17.8 Å². The summed E-state index contributed by atoms with van der Waals surface area (Å²) in [5.41, 5.74) is 3.26. The van der Waals surface area contributed by atoms with Crippen molar-refractivity contribution in [1.29, 1.82) is 0 Å². The molecular formula is C24H24ClFN6O2. The molecule has 2 N–H and O–H groups in total. The van der Waals surface area contributed by atoms with Gasteiger partial charge in [-0.05, 0) is 42.7 Å². The third-order valence-electron chi connectivity index (χ3n) is 5.61. The fraction of sp³-hybridized carbons (Fsp3) is 0.250. The van der Waals surface area contributed by atoms with Gasteiger partial charge in [0.05, 0.1) is 34.3 Å². The lowest BCUT2D eigenvalue weighted by Gasteiger charge is -2.20. The van der Waals surface area contributed by atoms with E-state index in [1.54, 1.807) is 41.5 Å². The number of aliphatic hydroxyl groups excluding tert-OH is 1. The highest BCUT2D eigenvalue weighted by atomic mass is 35.5. The van der Waals surface area contributed by atoms with E-state index in [0.29, 0.717) is 22.8 Å². The molecule has 10 heteroatoms. The average molecular weight is 483 g/mol. The van der Waals surface area contributed by atoms with Crippen LogP contribution in [0, 0.1) is 5.82 Å². The van der Waals surface area contributed by atoms with Crippen LogP contribution in [0.3, 0.4) is 0 Å². The summed E-state index contributed by atoms with van der Waals surface area (Å²) in [5, 5.41) is 17.0. The molecule has 1 aromatic carbocycles. The molecule has 3 aromatic heterocycles. The fourth-order valence-electron chi connectivity index (χ4n) is 3.90. The Labute approximate surface area is 200 Å². The van der Waals surface area contributed by atoms with Gasteiger partial charge in [-0.3, -0.25) is 9.48 Å². The molecule has 34 heavy (non-hydrogen) atoms. The molecule has 1 atom stereocenters. The Balaban J connectivity index is 1.64. The molecule has 0 spiro atoms. The van der Waals surface area contributed by atoms with E-state index in [-0.39, 0.29) is 23.6 Å². The van der Waals surface area contributed by atoms with E-state index in [2.05, 4.69) is 20.4 Å². The number of pyridine rings is 1. The van der Waals surface area contributed by atoms with Gasteiger partial charge in [0, 0.05) is 37.7 Å². The Hall–Kier alpha value is -3.56. The highest BCUT2D eigenvalue weighted by Crippen LogP contribution is 2.26. The topological polar surface area (TPSA) is 97.9 Å². The highest BCUT2D eigenvalue weighted by Gasteiger charge is 2.17. The zero-order valence-electron chi connectivity index (χ0n) is 18.7. The van der Waals surface area contributed by atoms with Gasteiger partial charge in [-0.15, -0.1) is 0 Å². The minimum absolute atomic E-state index is 0.000269. The maximum Gasteiger partial charge on any atom is 0.251 e. The van der Waals surface area contributed by atoms with Crippen LogP contribution in [0.1, 0.15) is 30.6 Å². The van der Waals surface area contributed by atoms with E-state index in [9.17, 15) is 14.3 Å². The van der Waals surface area contributed by atoms with Crippen molar-refractivity contribution in [3.05, 3.63) is 87.4 Å². The molecule has 0 saturated carbocycles. The first-order chi connectivity index (χ1) is 16.4. The second-order valence-corrected chi connectivity index (χ2v) is 8.14. The van der Waals surface area contributed by atoms with Gasteiger partial charge in [0.25, 0.3) is 5.56 Å². The summed E-state index contributed by atoms with van der Waals surface area (Å²) in [4.78, 5) is 21.8. The van der Waals surface area contributed by atoms with Gasteiger partial charge in [-0.1, -0.05) is 24.6 Å². The Morgan fingerprint density at radius 2 is 2.06 bits per heavy atom. The monoisotopic (exact) mass is 482 g/mol. The largest absolute Gasteiger partial charge is 0.396 e. The number of aryl methyl sites for hydroxylation is 1. The first-order valence-corrected chi connectivity index (χ1v) is 11.2. The molecule has 3 heterocycles. The number of anilines is 2. The van der Waals surface area contributed by atoms with E-state index < -0.39 is 11.9 Å². The molecule has 4 aromatic rings. The quantitative estimate of drug-likeness (QED) is 0.392. The lowest BCUT2D eigenvalue weighted by Crippen LogP contribution is -2.25. The highest BCUT2D eigenvalue weighted by molar-refractivity contribution is 6.30. The van der Waals surface area contributed by atoms with Crippen LogP contribution in [0.15, 0.2) is 59.8 Å². The summed E-state index contributed by atoms with van der Waals surface area (Å²) in [7, 11) is 1.87. The summed E-state index contributed by atoms with van der Waals surface area (Å²) < 4.78 is 17.3. The van der Waals surface area contributed by atoms with Crippen molar-refractivity contribution in [1.82, 2.24) is 24.3 Å². The van der Waals surface area contributed by atoms with Crippen LogP contribution in [0.4, 0.5) is 16.0 Å². The van der Waals surface area contributed by atoms with Gasteiger partial charge >= 0.3 is 0 Å². The molecule has 0 radical (unpaired) electrons. The van der Waals surface area contributed by atoms with E-state index in [1.165, 1.54) is 22.8 Å². The number of halogens is 2. The maximum atomic E-state index is 14.0. The maximum absolute atomic E-state index is 14.0. The van der Waals surface area contributed by atoms with E-state index >= 15 is 0 Å². The molecule has 0 fully saturated rings. The number of aromatic nitrogens is 5. The summed E-state index contributed by atoms with van der Waals surface area (Å²) in [5.74, 6) is -0.188. The smallest absolute Gasteiger partial charge is 0.251 e. The molecule has 8 nitrogen and oxygen atoms in total. The summed E-state index contributed by atoms with van der Waals surface area (Å²) in [6, 6.07) is 8.77. The predicted molar refractivity (Wildman–Crippen MR) is 129 cm³/mol. The van der Waals surface area contributed by atoms with Crippen LogP contribution in [0.5, 0.6) is 0 Å². The molecule has 0 unspecified atom stereocenters. The number of aliphatic hydroxyl groups is 1. The molecule has 0 amide bonds. The van der Waals surface area contributed by atoms with Crippen LogP contribution < -0.4 is 10.9 Å². The van der Waals surface area contributed by atoms with Crippen LogP contribution in [-0.2, 0) is 13.5 Å². The molecule has 0 aliphatic rings. The van der Waals surface area contributed by atoms with Crippen molar-refractivity contribution in [2.45, 2.75) is 25.8 Å². The van der Waals surface area contributed by atoms with Crippen LogP contribution in [0.25, 0.3) is 11.3 Å². The van der Waals surface area contributed by atoms with Gasteiger partial charge in [-0.2, -0.15) is 5.10 Å². The van der Waals surface area contributed by atoms with Gasteiger partial charge in [0.15, 0.2) is 0 Å². The standard InChI is InChI=1S/C24H24ClFN6O2/c1-3-21-20(14-28-31(21)2)30-24-27-9-6-19(29-24)15-7-10-32(23(34)13-15)22(8-11-33)16-4-5-17(25)18(26)12-16/h4-7,9-10,12-14,22,33H,3,8,11H2,1-2H3,(H,27,29,30)/t22-/m1/s1. The summed E-state index contributed by atoms with van der Waals surface area (Å²) in [6.45, 7) is 1.87. The third kappa shape index (κ3) is 4.85. The minimum atomic E-state index is -0.576. The predicted octanol–water partition coefficient (Wildman–Crippen LogP) is 4.11. The zero-order chi connectivity index (χ0) is 24.2. The summed E-state index contributed by atoms with van der Waals surface area (Å²) in [6.07, 6.45) is 5.99. The first kappa shape index (κ1) is 23.6. The lowest BCUT2D eigenvalue weighted by atomic mass is 10.0. The van der Waals surface area contributed by atoms with Gasteiger partial charge in [0.1, 0.15) is 5.82 Å². The van der Waals surface area contributed by atoms with Crippen molar-refractivity contribution < 1.29 is 9.50 Å². The zero-order valence-corrected chi connectivity index (χ0v) is 19.5. The van der Waals surface area contributed by atoms with Gasteiger partial charge in [0.2, 0.25) is 5.95 Å². The Morgan fingerprint density at radius 1 is 1.24 bits per heavy atom. The number of nitrogens with zero attached hydrogens (tertiary/aromatic N) is 5. The molecule has 0 bridgehead atoms. The van der Waals surface area contributed by atoms with E-state index in [4.69, 9.17) is 11.6 Å². The number of nitrogens with one attached hydrogen (secondary N) is 1. The average Bonchev–Trinajstić information content (AvgIpc) is 3.18. The van der Waals surface area contributed by atoms with Crippen LogP contribution in [0.2, 0.25) is 5.02 Å². The molecule has 176 valence electrons. The first-order valence-electron chi connectivity index (χ1n) is 10.8. The number of hydrogen-bond acceptors (Lipinski definition) is 6.